The lowest BCUT2D eigenvalue weighted by molar-refractivity contribution is 0.0718. The van der Waals surface area contributed by atoms with Crippen LogP contribution in [0.3, 0.4) is 0 Å². The average Bonchev–Trinajstić information content (AvgIpc) is 3.15. The lowest BCUT2D eigenvalue weighted by atomic mass is 10.1. The summed E-state index contributed by atoms with van der Waals surface area (Å²) in [6.07, 6.45) is 3.09. The Morgan fingerprint density at radius 3 is 3.13 bits per heavy atom. The van der Waals surface area contributed by atoms with Gasteiger partial charge < -0.3 is 19.1 Å². The Kier molecular flexibility index (Phi) is 4.24. The van der Waals surface area contributed by atoms with Gasteiger partial charge >= 0.3 is 5.69 Å². The average molecular weight is 318 g/mol. The molecule has 1 saturated heterocycles. The van der Waals surface area contributed by atoms with E-state index in [0.29, 0.717) is 23.6 Å². The van der Waals surface area contributed by atoms with Gasteiger partial charge in [0.2, 0.25) is 0 Å². The number of aromatic amines is 1. The van der Waals surface area contributed by atoms with E-state index >= 15 is 0 Å². The smallest absolute Gasteiger partial charge is 0.345 e. The molecule has 0 spiro atoms. The number of rotatable bonds is 4. The molecule has 1 amide bonds. The van der Waals surface area contributed by atoms with Crippen molar-refractivity contribution in [2.45, 2.75) is 32.4 Å². The predicted octanol–water partition coefficient (Wildman–Crippen LogP) is 1.19. The molecule has 1 fully saturated rings. The van der Waals surface area contributed by atoms with Gasteiger partial charge in [0.05, 0.1) is 18.2 Å². The number of ether oxygens (including phenoxy) is 1. The van der Waals surface area contributed by atoms with Crippen molar-refractivity contribution in [2.24, 2.45) is 0 Å². The van der Waals surface area contributed by atoms with Gasteiger partial charge in [-0.1, -0.05) is 5.16 Å². The van der Waals surface area contributed by atoms with Crippen LogP contribution < -0.4 is 5.69 Å². The number of amides is 1. The highest BCUT2D eigenvalue weighted by molar-refractivity contribution is 5.94. The largest absolute Gasteiger partial charge is 0.380 e. The third kappa shape index (κ3) is 2.89. The number of methoxy groups -OCH3 is 1. The zero-order chi connectivity index (χ0) is 16.4. The van der Waals surface area contributed by atoms with Gasteiger partial charge in [-0.2, -0.15) is 0 Å². The number of carbonyl (C=O) groups is 1. The van der Waals surface area contributed by atoms with Crippen LogP contribution in [0.25, 0.3) is 0 Å². The van der Waals surface area contributed by atoms with Crippen LogP contribution in [0.15, 0.2) is 21.6 Å². The zero-order valence-electron chi connectivity index (χ0n) is 13.0. The van der Waals surface area contributed by atoms with Crippen molar-refractivity contribution in [3.8, 4) is 0 Å². The minimum absolute atomic E-state index is 0.189. The molecule has 0 unspecified atom stereocenters. The highest BCUT2D eigenvalue weighted by atomic mass is 16.5. The molecule has 1 atom stereocenters. The Morgan fingerprint density at radius 1 is 1.57 bits per heavy atom. The Hall–Kier alpha value is -2.48. The first kappa shape index (κ1) is 15.4. The van der Waals surface area contributed by atoms with Gasteiger partial charge in [-0.25, -0.2) is 9.78 Å². The summed E-state index contributed by atoms with van der Waals surface area (Å²) >= 11 is 0. The molecule has 8 heteroatoms. The van der Waals surface area contributed by atoms with Crippen LogP contribution in [0, 0.1) is 6.92 Å². The molecule has 3 rings (SSSR count). The molecule has 2 aromatic heterocycles. The summed E-state index contributed by atoms with van der Waals surface area (Å²) in [4.78, 5) is 32.3. The topological polar surface area (TPSA) is 101 Å². The van der Waals surface area contributed by atoms with Crippen LogP contribution in [0.2, 0.25) is 0 Å². The fourth-order valence-corrected chi connectivity index (χ4v) is 2.92. The summed E-state index contributed by atoms with van der Waals surface area (Å²) in [5, 5.41) is 3.89. The Balaban J connectivity index is 1.91. The number of hydrogen-bond acceptors (Lipinski definition) is 6. The highest BCUT2D eigenvalue weighted by Crippen LogP contribution is 2.32. The second-order valence-electron chi connectivity index (χ2n) is 5.49. The van der Waals surface area contributed by atoms with Crippen LogP contribution >= 0.6 is 0 Å². The number of likely N-dealkylation sites (tertiary alicyclic amines) is 1. The van der Waals surface area contributed by atoms with Gasteiger partial charge in [0.25, 0.3) is 5.91 Å². The number of nitrogens with zero attached hydrogens (tertiary/aromatic N) is 3. The molecular formula is C15H18N4O4. The maximum Gasteiger partial charge on any atom is 0.345 e. The Bertz CT molecular complexity index is 767. The number of aryl methyl sites for hydroxylation is 1. The van der Waals surface area contributed by atoms with Gasteiger partial charge in [-0.05, 0) is 25.8 Å². The van der Waals surface area contributed by atoms with E-state index in [1.54, 1.807) is 25.0 Å². The molecule has 1 aliphatic heterocycles. The van der Waals surface area contributed by atoms with Gasteiger partial charge in [-0.15, -0.1) is 0 Å². The molecule has 2 aromatic rings. The van der Waals surface area contributed by atoms with E-state index in [2.05, 4.69) is 15.1 Å². The van der Waals surface area contributed by atoms with Crippen molar-refractivity contribution in [1.29, 1.82) is 0 Å². The molecule has 8 nitrogen and oxygen atoms in total. The van der Waals surface area contributed by atoms with Crippen molar-refractivity contribution < 1.29 is 14.1 Å². The summed E-state index contributed by atoms with van der Waals surface area (Å²) in [5.41, 5.74) is 1.20. The van der Waals surface area contributed by atoms with Crippen molar-refractivity contribution in [3.05, 3.63) is 45.5 Å². The third-order valence-electron chi connectivity index (χ3n) is 4.05. The van der Waals surface area contributed by atoms with E-state index in [0.717, 1.165) is 12.8 Å². The quantitative estimate of drug-likeness (QED) is 0.908. The second-order valence-corrected chi connectivity index (χ2v) is 5.49. The lowest BCUT2D eigenvalue weighted by Crippen LogP contribution is -2.32. The third-order valence-corrected chi connectivity index (χ3v) is 4.05. The molecule has 122 valence electrons. The SMILES string of the molecule is COCc1c(C(=O)N2CCC[C@H]2c2ccnc(=O)[nH]2)noc1C. The summed E-state index contributed by atoms with van der Waals surface area (Å²) < 4.78 is 10.3. The summed E-state index contributed by atoms with van der Waals surface area (Å²) in [6.45, 7) is 2.62. The number of carbonyl (C=O) groups excluding carboxylic acids is 1. The van der Waals surface area contributed by atoms with Crippen molar-refractivity contribution in [3.63, 3.8) is 0 Å². The maximum absolute atomic E-state index is 12.9. The normalized spacial score (nSPS) is 17.7. The predicted molar refractivity (Wildman–Crippen MR) is 79.8 cm³/mol. The van der Waals surface area contributed by atoms with Crippen LogP contribution in [-0.2, 0) is 11.3 Å². The lowest BCUT2D eigenvalue weighted by Gasteiger charge is -2.24. The molecule has 3 heterocycles. The van der Waals surface area contributed by atoms with E-state index in [9.17, 15) is 9.59 Å². The first-order valence-electron chi connectivity index (χ1n) is 7.42. The second kappa shape index (κ2) is 6.33. The maximum atomic E-state index is 12.9. The zero-order valence-corrected chi connectivity index (χ0v) is 13.0. The molecule has 23 heavy (non-hydrogen) atoms. The Morgan fingerprint density at radius 2 is 2.39 bits per heavy atom. The number of hydrogen-bond donors (Lipinski definition) is 1. The van der Waals surface area contributed by atoms with Gasteiger partial charge in [-0.3, -0.25) is 4.79 Å². The molecule has 0 aliphatic carbocycles. The monoisotopic (exact) mass is 318 g/mol. The molecule has 0 radical (unpaired) electrons. The van der Waals surface area contributed by atoms with Gasteiger partial charge in [0, 0.05) is 25.5 Å². The van der Waals surface area contributed by atoms with E-state index < -0.39 is 5.69 Å². The van der Waals surface area contributed by atoms with E-state index in [1.165, 1.54) is 6.20 Å². The first-order valence-corrected chi connectivity index (χ1v) is 7.42. The highest BCUT2D eigenvalue weighted by Gasteiger charge is 2.34. The van der Waals surface area contributed by atoms with Gasteiger partial charge in [0.15, 0.2) is 5.69 Å². The van der Waals surface area contributed by atoms with E-state index in [1.807, 2.05) is 0 Å². The molecule has 0 saturated carbocycles. The minimum Gasteiger partial charge on any atom is -0.380 e. The number of aromatic nitrogens is 3. The van der Waals surface area contributed by atoms with Crippen LogP contribution in [0.5, 0.6) is 0 Å². The number of nitrogens with one attached hydrogen (secondary N) is 1. The van der Waals surface area contributed by atoms with Crippen molar-refractivity contribution >= 4 is 5.91 Å². The van der Waals surface area contributed by atoms with Crippen molar-refractivity contribution in [1.82, 2.24) is 20.0 Å². The van der Waals surface area contributed by atoms with E-state index in [-0.39, 0.29) is 24.2 Å². The van der Waals surface area contributed by atoms with Gasteiger partial charge in [0.1, 0.15) is 5.76 Å². The summed E-state index contributed by atoms with van der Waals surface area (Å²) in [6, 6.07) is 1.53. The molecular weight excluding hydrogens is 300 g/mol. The minimum atomic E-state index is -0.417. The summed E-state index contributed by atoms with van der Waals surface area (Å²) in [5.74, 6) is 0.359. The standard InChI is InChI=1S/C15H18N4O4/c1-9-10(8-22-2)13(18-23-9)14(20)19-7-3-4-12(19)11-5-6-16-15(21)17-11/h5-6,12H,3-4,7-8H2,1-2H3,(H,16,17,21)/t12-/m0/s1. The first-order chi connectivity index (χ1) is 11.1. The molecule has 1 N–H and O–H groups in total. The molecule has 0 bridgehead atoms. The van der Waals surface area contributed by atoms with E-state index in [4.69, 9.17) is 9.26 Å². The van der Waals surface area contributed by atoms with Crippen molar-refractivity contribution in [2.75, 3.05) is 13.7 Å². The summed E-state index contributed by atoms with van der Waals surface area (Å²) in [7, 11) is 1.56. The molecule has 0 aromatic carbocycles. The number of H-pyrrole nitrogens is 1. The molecule has 1 aliphatic rings. The van der Waals surface area contributed by atoms with Crippen LogP contribution in [0.4, 0.5) is 0 Å². The van der Waals surface area contributed by atoms with Crippen LogP contribution in [-0.4, -0.2) is 39.6 Å². The fraction of sp³-hybridized carbons (Fsp3) is 0.467. The Labute approximate surface area is 132 Å². The fourth-order valence-electron chi connectivity index (χ4n) is 2.92. The van der Waals surface area contributed by atoms with Crippen LogP contribution in [0.1, 0.15) is 46.4 Å².